The minimum absolute atomic E-state index is 0.000178. The molecule has 0 aliphatic heterocycles. The summed E-state index contributed by atoms with van der Waals surface area (Å²) in [7, 11) is 0. The van der Waals surface area contributed by atoms with Crippen LogP contribution in [0, 0.1) is 16.0 Å². The molecule has 15 heavy (non-hydrogen) atoms. The van der Waals surface area contributed by atoms with Gasteiger partial charge in [0.25, 0.3) is 5.69 Å². The van der Waals surface area contributed by atoms with Crippen LogP contribution in [-0.2, 0) is 0 Å². The molecule has 1 fully saturated rings. The molecule has 4 nitrogen and oxygen atoms in total. The number of nitro benzene ring substituents is 1. The summed E-state index contributed by atoms with van der Waals surface area (Å²) in [4.78, 5) is 9.88. The van der Waals surface area contributed by atoms with Gasteiger partial charge >= 0.3 is 0 Å². The van der Waals surface area contributed by atoms with Crippen molar-refractivity contribution in [3.05, 3.63) is 34.4 Å². The van der Waals surface area contributed by atoms with Crippen molar-refractivity contribution in [1.82, 2.24) is 0 Å². The van der Waals surface area contributed by atoms with E-state index in [2.05, 4.69) is 0 Å². The third-order valence-corrected chi connectivity index (χ3v) is 2.35. The smallest absolute Gasteiger partial charge is 0.269 e. The van der Waals surface area contributed by atoms with Crippen molar-refractivity contribution in [2.75, 3.05) is 6.61 Å². The molecule has 0 unspecified atom stereocenters. The van der Waals surface area contributed by atoms with Gasteiger partial charge < -0.3 is 4.74 Å². The minimum atomic E-state index is -0.733. The van der Waals surface area contributed by atoms with E-state index in [-0.39, 0.29) is 11.6 Å². The zero-order chi connectivity index (χ0) is 10.8. The quantitative estimate of drug-likeness (QED) is 0.567. The maximum atomic E-state index is 12.5. The fourth-order valence-electron chi connectivity index (χ4n) is 1.25. The summed E-state index contributed by atoms with van der Waals surface area (Å²) in [6, 6.07) is 5.78. The van der Waals surface area contributed by atoms with Gasteiger partial charge in [-0.2, -0.15) is 0 Å². The van der Waals surface area contributed by atoms with Gasteiger partial charge in [-0.1, -0.05) is 0 Å². The molecule has 0 amide bonds. The molecule has 0 bridgehead atoms. The summed E-state index contributed by atoms with van der Waals surface area (Å²) in [5, 5.41) is 10.3. The Hall–Kier alpha value is -1.65. The number of nitrogens with zero attached hydrogens (tertiary/aromatic N) is 1. The van der Waals surface area contributed by atoms with Crippen molar-refractivity contribution in [1.29, 1.82) is 0 Å². The molecular weight excluding hydrogens is 201 g/mol. The van der Waals surface area contributed by atoms with Crippen molar-refractivity contribution in [3.63, 3.8) is 0 Å². The molecule has 5 heteroatoms. The van der Waals surface area contributed by atoms with Crippen LogP contribution in [0.3, 0.4) is 0 Å². The van der Waals surface area contributed by atoms with E-state index in [9.17, 15) is 14.5 Å². The lowest BCUT2D eigenvalue weighted by molar-refractivity contribution is -0.384. The van der Waals surface area contributed by atoms with Crippen molar-refractivity contribution >= 4 is 5.69 Å². The van der Waals surface area contributed by atoms with Gasteiger partial charge in [-0.3, -0.25) is 10.1 Å². The van der Waals surface area contributed by atoms with E-state index in [0.717, 1.165) is 0 Å². The molecule has 0 heterocycles. The van der Waals surface area contributed by atoms with Gasteiger partial charge in [0.2, 0.25) is 0 Å². The molecule has 1 aliphatic rings. The van der Waals surface area contributed by atoms with Crippen molar-refractivity contribution in [3.8, 4) is 5.75 Å². The van der Waals surface area contributed by atoms with Gasteiger partial charge in [-0.05, 0) is 18.6 Å². The lowest BCUT2D eigenvalue weighted by Crippen LogP contribution is -2.01. The van der Waals surface area contributed by atoms with E-state index in [1.165, 1.54) is 24.3 Å². The molecule has 1 aromatic carbocycles. The molecule has 1 aliphatic carbocycles. The van der Waals surface area contributed by atoms with Crippen LogP contribution in [0.15, 0.2) is 24.3 Å². The largest absolute Gasteiger partial charge is 0.493 e. The number of alkyl halides is 1. The van der Waals surface area contributed by atoms with Gasteiger partial charge in [0, 0.05) is 18.1 Å². The topological polar surface area (TPSA) is 52.4 Å². The van der Waals surface area contributed by atoms with Crippen molar-refractivity contribution < 1.29 is 14.1 Å². The summed E-state index contributed by atoms with van der Waals surface area (Å²) in [6.45, 7) is 0.346. The number of rotatable bonds is 4. The molecule has 0 spiro atoms. The van der Waals surface area contributed by atoms with E-state index in [1.54, 1.807) is 0 Å². The summed E-state index contributed by atoms with van der Waals surface area (Å²) in [5.74, 6) is 0.542. The molecule has 1 aromatic rings. The maximum Gasteiger partial charge on any atom is 0.269 e. The predicted octanol–water partition coefficient (Wildman–Crippen LogP) is 2.33. The highest BCUT2D eigenvalue weighted by molar-refractivity contribution is 5.35. The zero-order valence-electron chi connectivity index (χ0n) is 7.93. The van der Waals surface area contributed by atoms with Crippen LogP contribution in [0.25, 0.3) is 0 Å². The van der Waals surface area contributed by atoms with E-state index in [4.69, 9.17) is 4.74 Å². The van der Waals surface area contributed by atoms with Gasteiger partial charge in [0.1, 0.15) is 11.9 Å². The zero-order valence-corrected chi connectivity index (χ0v) is 7.93. The molecular formula is C10H10FNO3. The Morgan fingerprint density at radius 2 is 2.07 bits per heavy atom. The Labute approximate surface area is 85.8 Å². The number of non-ortho nitro benzene ring substituents is 1. The van der Waals surface area contributed by atoms with Crippen LogP contribution in [0.1, 0.15) is 6.42 Å². The monoisotopic (exact) mass is 211 g/mol. The average Bonchev–Trinajstić information content (AvgIpc) is 2.92. The van der Waals surface area contributed by atoms with Crippen LogP contribution in [0.5, 0.6) is 5.75 Å². The lowest BCUT2D eigenvalue weighted by Gasteiger charge is -2.03. The minimum Gasteiger partial charge on any atom is -0.493 e. The number of nitro groups is 1. The van der Waals surface area contributed by atoms with Crippen molar-refractivity contribution in [2.24, 2.45) is 5.92 Å². The second kappa shape index (κ2) is 3.84. The van der Waals surface area contributed by atoms with Gasteiger partial charge in [0.15, 0.2) is 0 Å². The summed E-state index contributed by atoms with van der Waals surface area (Å²) in [5.41, 5.74) is 0.0251. The highest BCUT2D eigenvalue weighted by Crippen LogP contribution is 2.34. The second-order valence-electron chi connectivity index (χ2n) is 3.57. The lowest BCUT2D eigenvalue weighted by atomic mass is 10.3. The van der Waals surface area contributed by atoms with E-state index in [0.29, 0.717) is 18.8 Å². The molecule has 2 atom stereocenters. The Kier molecular flexibility index (Phi) is 2.53. The number of benzene rings is 1. The number of hydrogen-bond acceptors (Lipinski definition) is 3. The highest BCUT2D eigenvalue weighted by Gasteiger charge is 2.37. The fraction of sp³-hybridized carbons (Fsp3) is 0.400. The SMILES string of the molecule is O=[N+]([O-])c1ccc(OC[C@H]2C[C@H]2F)cc1. The predicted molar refractivity (Wildman–Crippen MR) is 51.6 cm³/mol. The standard InChI is InChI=1S/C10H10FNO3/c11-10-5-7(10)6-15-9-3-1-8(2-4-9)12(13)14/h1-4,7,10H,5-6H2/t7-,10-/m1/s1. The van der Waals surface area contributed by atoms with Crippen LogP contribution >= 0.6 is 0 Å². The molecule has 0 aromatic heterocycles. The third-order valence-electron chi connectivity index (χ3n) is 2.35. The number of hydrogen-bond donors (Lipinski definition) is 0. The first kappa shape index (κ1) is 9.89. The van der Waals surface area contributed by atoms with E-state index in [1.807, 2.05) is 0 Å². The third kappa shape index (κ3) is 2.43. The first-order chi connectivity index (χ1) is 7.16. The fourth-order valence-corrected chi connectivity index (χ4v) is 1.25. The highest BCUT2D eigenvalue weighted by atomic mass is 19.1. The maximum absolute atomic E-state index is 12.5. The molecule has 0 radical (unpaired) electrons. The van der Waals surface area contributed by atoms with Crippen LogP contribution < -0.4 is 4.74 Å². The van der Waals surface area contributed by atoms with Gasteiger partial charge in [-0.15, -0.1) is 0 Å². The molecule has 0 N–H and O–H groups in total. The summed E-state index contributed by atoms with van der Waals surface area (Å²) < 4.78 is 17.8. The second-order valence-corrected chi connectivity index (χ2v) is 3.57. The van der Waals surface area contributed by atoms with Crippen LogP contribution in [0.2, 0.25) is 0 Å². The Bertz CT molecular complexity index is 365. The van der Waals surface area contributed by atoms with Crippen LogP contribution in [0.4, 0.5) is 10.1 Å². The van der Waals surface area contributed by atoms with Crippen LogP contribution in [-0.4, -0.2) is 17.7 Å². The van der Waals surface area contributed by atoms with E-state index >= 15 is 0 Å². The molecule has 0 saturated heterocycles. The first-order valence-electron chi connectivity index (χ1n) is 4.68. The number of halogens is 1. The Morgan fingerprint density at radius 1 is 1.47 bits per heavy atom. The summed E-state index contributed by atoms with van der Waals surface area (Å²) in [6.07, 6.45) is -0.171. The van der Waals surface area contributed by atoms with Crippen molar-refractivity contribution in [2.45, 2.75) is 12.6 Å². The normalized spacial score (nSPS) is 23.5. The van der Waals surface area contributed by atoms with E-state index < -0.39 is 11.1 Å². The molecule has 80 valence electrons. The van der Waals surface area contributed by atoms with Gasteiger partial charge in [-0.25, -0.2) is 4.39 Å². The Morgan fingerprint density at radius 3 is 2.53 bits per heavy atom. The molecule has 1 saturated carbocycles. The summed E-state index contributed by atoms with van der Waals surface area (Å²) >= 11 is 0. The number of ether oxygens (including phenoxy) is 1. The Balaban J connectivity index is 1.89. The molecule has 2 rings (SSSR count). The first-order valence-corrected chi connectivity index (χ1v) is 4.68. The average molecular weight is 211 g/mol. The van der Waals surface area contributed by atoms with Gasteiger partial charge in [0.05, 0.1) is 11.5 Å².